The summed E-state index contributed by atoms with van der Waals surface area (Å²) in [6.07, 6.45) is 9.61. The molecule has 1 rings (SSSR count). The molecule has 0 aromatic carbocycles. The lowest BCUT2D eigenvalue weighted by atomic mass is 10.0. The highest BCUT2D eigenvalue weighted by atomic mass is 16.5. The second-order valence-corrected chi connectivity index (χ2v) is 5.89. The number of hydrogen-bond acceptors (Lipinski definition) is 3. The van der Waals surface area contributed by atoms with Crippen LogP contribution in [0.25, 0.3) is 0 Å². The zero-order chi connectivity index (χ0) is 13.9. The smallest absolute Gasteiger partial charge is 0.0624 e. The van der Waals surface area contributed by atoms with Crippen LogP contribution in [-0.4, -0.2) is 38.0 Å². The summed E-state index contributed by atoms with van der Waals surface area (Å²) >= 11 is 0. The van der Waals surface area contributed by atoms with Crippen LogP contribution in [0.5, 0.6) is 0 Å². The Hall–Kier alpha value is -0.120. The molecule has 0 spiro atoms. The molecule has 19 heavy (non-hydrogen) atoms. The molecule has 2 atom stereocenters. The summed E-state index contributed by atoms with van der Waals surface area (Å²) < 4.78 is 11.7. The maximum atomic E-state index is 5.97. The third-order valence-electron chi connectivity index (χ3n) is 3.68. The first-order valence-corrected chi connectivity index (χ1v) is 8.20. The van der Waals surface area contributed by atoms with Crippen LogP contribution in [0.2, 0.25) is 0 Å². The Bertz CT molecular complexity index is 201. The second-order valence-electron chi connectivity index (χ2n) is 5.89. The van der Waals surface area contributed by atoms with Gasteiger partial charge >= 0.3 is 0 Å². The highest BCUT2D eigenvalue weighted by Gasteiger charge is 2.24. The van der Waals surface area contributed by atoms with E-state index in [1.807, 2.05) is 0 Å². The zero-order valence-corrected chi connectivity index (χ0v) is 13.1. The second kappa shape index (κ2) is 10.6. The van der Waals surface area contributed by atoms with Crippen molar-refractivity contribution < 1.29 is 9.47 Å². The molecule has 0 bridgehead atoms. The molecule has 0 aliphatic carbocycles. The van der Waals surface area contributed by atoms with Crippen LogP contribution in [0, 0.1) is 0 Å². The fourth-order valence-corrected chi connectivity index (χ4v) is 2.74. The molecule has 0 aromatic rings. The molecule has 0 aromatic heterocycles. The molecule has 1 N–H and O–H groups in total. The first-order valence-electron chi connectivity index (χ1n) is 8.20. The van der Waals surface area contributed by atoms with Gasteiger partial charge in [-0.25, -0.2) is 0 Å². The summed E-state index contributed by atoms with van der Waals surface area (Å²) in [6, 6.07) is 0. The van der Waals surface area contributed by atoms with E-state index in [-0.39, 0.29) is 0 Å². The molecule has 1 fully saturated rings. The highest BCUT2D eigenvalue weighted by Crippen LogP contribution is 2.21. The van der Waals surface area contributed by atoms with E-state index in [9.17, 15) is 0 Å². The summed E-state index contributed by atoms with van der Waals surface area (Å²) in [5, 5.41) is 3.44. The largest absolute Gasteiger partial charge is 0.378 e. The minimum Gasteiger partial charge on any atom is -0.378 e. The molecule has 3 heteroatoms. The normalized spacial score (nSPS) is 27.6. The van der Waals surface area contributed by atoms with Crippen molar-refractivity contribution in [2.24, 2.45) is 0 Å². The Balaban J connectivity index is 1.87. The molecular formula is C16H33NO2. The van der Waals surface area contributed by atoms with Crippen molar-refractivity contribution >= 4 is 0 Å². The molecule has 3 nitrogen and oxygen atoms in total. The van der Waals surface area contributed by atoms with E-state index in [2.05, 4.69) is 26.1 Å². The van der Waals surface area contributed by atoms with E-state index >= 15 is 0 Å². The predicted octanol–water partition coefficient (Wildman–Crippen LogP) is 3.52. The van der Waals surface area contributed by atoms with Gasteiger partial charge in [0.1, 0.15) is 0 Å². The fraction of sp³-hybridized carbons (Fsp3) is 1.00. The number of unbranched alkanes of at least 4 members (excludes halogenated alkanes) is 3. The van der Waals surface area contributed by atoms with Gasteiger partial charge in [0, 0.05) is 6.61 Å². The number of rotatable bonds is 10. The predicted molar refractivity (Wildman–Crippen MR) is 80.6 cm³/mol. The Morgan fingerprint density at radius 1 is 1.00 bits per heavy atom. The molecule has 1 saturated heterocycles. The fourth-order valence-electron chi connectivity index (χ4n) is 2.74. The van der Waals surface area contributed by atoms with Crippen LogP contribution in [0.15, 0.2) is 0 Å². The van der Waals surface area contributed by atoms with Crippen LogP contribution in [0.3, 0.4) is 0 Å². The molecule has 0 amide bonds. The molecule has 114 valence electrons. The highest BCUT2D eigenvalue weighted by molar-refractivity contribution is 4.73. The number of ether oxygens (including phenoxy) is 2. The van der Waals surface area contributed by atoms with Crippen LogP contribution in [0.1, 0.15) is 65.7 Å². The van der Waals surface area contributed by atoms with Crippen LogP contribution < -0.4 is 5.32 Å². The van der Waals surface area contributed by atoms with Crippen molar-refractivity contribution in [3.8, 4) is 0 Å². The van der Waals surface area contributed by atoms with E-state index in [4.69, 9.17) is 9.47 Å². The minimum absolute atomic E-state index is 0.360. The summed E-state index contributed by atoms with van der Waals surface area (Å²) in [6.45, 7) is 9.76. The quantitative estimate of drug-likeness (QED) is 0.617. The van der Waals surface area contributed by atoms with Crippen LogP contribution in [-0.2, 0) is 9.47 Å². The lowest BCUT2D eigenvalue weighted by Gasteiger charge is -2.32. The Morgan fingerprint density at radius 2 is 1.68 bits per heavy atom. The Morgan fingerprint density at radius 3 is 2.37 bits per heavy atom. The lowest BCUT2D eigenvalue weighted by Crippen LogP contribution is -2.34. The molecule has 0 saturated carbocycles. The van der Waals surface area contributed by atoms with Gasteiger partial charge in [0.05, 0.1) is 18.3 Å². The average molecular weight is 271 g/mol. The molecular weight excluding hydrogens is 238 g/mol. The third-order valence-corrected chi connectivity index (χ3v) is 3.68. The van der Waals surface area contributed by atoms with Gasteiger partial charge < -0.3 is 14.8 Å². The summed E-state index contributed by atoms with van der Waals surface area (Å²) in [4.78, 5) is 0. The van der Waals surface area contributed by atoms with Crippen LogP contribution >= 0.6 is 0 Å². The van der Waals surface area contributed by atoms with Gasteiger partial charge in [-0.2, -0.15) is 0 Å². The molecule has 0 radical (unpaired) electrons. The van der Waals surface area contributed by atoms with Crippen molar-refractivity contribution in [2.75, 3.05) is 19.7 Å². The van der Waals surface area contributed by atoms with Crippen molar-refractivity contribution in [2.45, 2.75) is 84.0 Å². The monoisotopic (exact) mass is 271 g/mol. The molecule has 1 aliphatic rings. The third kappa shape index (κ3) is 8.61. The number of nitrogens with one attached hydrogen (secondary N) is 1. The lowest BCUT2D eigenvalue weighted by molar-refractivity contribution is -0.102. The standard InChI is InChI=1S/C16H33NO2/c1-4-9-17-10-7-5-6-8-11-18-16-12-14(2)19-15(3)13-16/h14-17H,4-13H2,1-3H3. The van der Waals surface area contributed by atoms with E-state index in [1.54, 1.807) is 0 Å². The van der Waals surface area contributed by atoms with Gasteiger partial charge in [0.2, 0.25) is 0 Å². The maximum Gasteiger partial charge on any atom is 0.0624 e. The average Bonchev–Trinajstić information content (AvgIpc) is 2.36. The van der Waals surface area contributed by atoms with Gasteiger partial charge in [-0.15, -0.1) is 0 Å². The first-order chi connectivity index (χ1) is 9.22. The Labute approximate surface area is 119 Å². The molecule has 1 aliphatic heterocycles. The van der Waals surface area contributed by atoms with E-state index < -0.39 is 0 Å². The van der Waals surface area contributed by atoms with Crippen molar-refractivity contribution in [3.63, 3.8) is 0 Å². The van der Waals surface area contributed by atoms with Gasteiger partial charge in [-0.05, 0) is 59.0 Å². The van der Waals surface area contributed by atoms with E-state index in [0.29, 0.717) is 18.3 Å². The van der Waals surface area contributed by atoms with E-state index in [0.717, 1.165) is 26.0 Å². The first kappa shape index (κ1) is 16.9. The summed E-state index contributed by atoms with van der Waals surface area (Å²) in [5.41, 5.74) is 0. The van der Waals surface area contributed by atoms with Crippen molar-refractivity contribution in [1.29, 1.82) is 0 Å². The van der Waals surface area contributed by atoms with E-state index in [1.165, 1.54) is 38.6 Å². The minimum atomic E-state index is 0.360. The van der Waals surface area contributed by atoms with Gasteiger partial charge in [0.15, 0.2) is 0 Å². The zero-order valence-electron chi connectivity index (χ0n) is 13.1. The molecule has 2 unspecified atom stereocenters. The summed E-state index contributed by atoms with van der Waals surface area (Å²) in [7, 11) is 0. The Kier molecular flexibility index (Phi) is 9.48. The van der Waals surface area contributed by atoms with Crippen LogP contribution in [0.4, 0.5) is 0 Å². The molecule has 1 heterocycles. The number of hydrogen-bond donors (Lipinski definition) is 1. The van der Waals surface area contributed by atoms with Gasteiger partial charge in [-0.3, -0.25) is 0 Å². The van der Waals surface area contributed by atoms with Crippen molar-refractivity contribution in [3.05, 3.63) is 0 Å². The van der Waals surface area contributed by atoms with Gasteiger partial charge in [-0.1, -0.05) is 19.8 Å². The topological polar surface area (TPSA) is 30.5 Å². The van der Waals surface area contributed by atoms with Gasteiger partial charge in [0.25, 0.3) is 0 Å². The SMILES string of the molecule is CCCNCCCCCCOC1CC(C)OC(C)C1. The maximum absolute atomic E-state index is 5.97. The van der Waals surface area contributed by atoms with Crippen molar-refractivity contribution in [1.82, 2.24) is 5.32 Å². The summed E-state index contributed by atoms with van der Waals surface area (Å²) in [5.74, 6) is 0.